The fraction of sp³-hybridized carbons (Fsp3) is 0.118. The van der Waals surface area contributed by atoms with Crippen LogP contribution in [-0.2, 0) is 0 Å². The number of nitrogens with zero attached hydrogens (tertiary/aromatic N) is 1. The molecule has 0 fully saturated rings. The number of hydrogen-bond donors (Lipinski definition) is 2. The lowest BCUT2D eigenvalue weighted by Crippen LogP contribution is -2.06. The predicted molar refractivity (Wildman–Crippen MR) is 92.1 cm³/mol. The second kappa shape index (κ2) is 4.93. The molecule has 4 heteroatoms. The van der Waals surface area contributed by atoms with Crippen LogP contribution in [0.25, 0.3) is 22.2 Å². The summed E-state index contributed by atoms with van der Waals surface area (Å²) in [5, 5.41) is 4.54. The van der Waals surface area contributed by atoms with Crippen molar-refractivity contribution >= 4 is 40.5 Å². The minimum Gasteiger partial charge on any atom is -0.353 e. The van der Waals surface area contributed by atoms with Crippen LogP contribution in [0.1, 0.15) is 12.5 Å². The molecule has 1 aliphatic heterocycles. The molecule has 0 radical (unpaired) electrons. The Morgan fingerprint density at radius 1 is 1.00 bits per heavy atom. The van der Waals surface area contributed by atoms with E-state index in [-0.39, 0.29) is 12.4 Å². The molecule has 0 amide bonds. The number of rotatable bonds is 0. The van der Waals surface area contributed by atoms with Crippen molar-refractivity contribution in [2.45, 2.75) is 13.8 Å². The van der Waals surface area contributed by atoms with Crippen LogP contribution in [0.2, 0.25) is 0 Å². The van der Waals surface area contributed by atoms with Crippen LogP contribution in [0.15, 0.2) is 47.5 Å². The molecule has 0 bridgehead atoms. The summed E-state index contributed by atoms with van der Waals surface area (Å²) in [6, 6.07) is 14.7. The zero-order chi connectivity index (χ0) is 13.7. The number of aliphatic imine (C=N–C) groups is 1. The predicted octanol–water partition coefficient (Wildman–Crippen LogP) is 5.04. The first-order valence-corrected chi connectivity index (χ1v) is 6.76. The third kappa shape index (κ3) is 2.10. The van der Waals surface area contributed by atoms with Gasteiger partial charge >= 0.3 is 0 Å². The van der Waals surface area contributed by atoms with Gasteiger partial charge in [-0.3, -0.25) is 0 Å². The van der Waals surface area contributed by atoms with Gasteiger partial charge < -0.3 is 10.3 Å². The second-order valence-electron chi connectivity index (χ2n) is 5.27. The molecule has 2 aromatic carbocycles. The van der Waals surface area contributed by atoms with Crippen molar-refractivity contribution in [1.82, 2.24) is 4.98 Å². The molecule has 4 rings (SSSR count). The van der Waals surface area contributed by atoms with Crippen LogP contribution in [0.3, 0.4) is 0 Å². The lowest BCUT2D eigenvalue weighted by atomic mass is 10.1. The summed E-state index contributed by atoms with van der Waals surface area (Å²) in [6.07, 6.45) is 0. The molecule has 2 N–H and O–H groups in total. The number of nitrogens with one attached hydrogen (secondary N) is 2. The normalized spacial score (nSPS) is 12.6. The quantitative estimate of drug-likeness (QED) is 0.599. The molecule has 0 saturated heterocycles. The molecule has 0 saturated carbocycles. The van der Waals surface area contributed by atoms with Crippen LogP contribution in [-0.4, -0.2) is 10.8 Å². The van der Waals surface area contributed by atoms with Gasteiger partial charge in [-0.05, 0) is 32.0 Å². The van der Waals surface area contributed by atoms with E-state index >= 15 is 0 Å². The highest BCUT2D eigenvalue weighted by Crippen LogP contribution is 2.42. The first kappa shape index (κ1) is 13.7. The number of amidine groups is 1. The minimum atomic E-state index is 0. The van der Waals surface area contributed by atoms with E-state index in [4.69, 9.17) is 4.99 Å². The molecule has 3 aromatic rings. The zero-order valence-corrected chi connectivity index (χ0v) is 12.7. The monoisotopic (exact) mass is 297 g/mol. The number of aromatic nitrogens is 1. The Bertz CT molecular complexity index is 862. The molecule has 0 atom stereocenters. The number of aryl methyl sites for hydroxylation is 1. The summed E-state index contributed by atoms with van der Waals surface area (Å²) >= 11 is 0. The van der Waals surface area contributed by atoms with Gasteiger partial charge in [-0.25, -0.2) is 4.99 Å². The first-order valence-electron chi connectivity index (χ1n) is 6.76. The number of benzene rings is 2. The Balaban J connectivity index is 0.00000132. The van der Waals surface area contributed by atoms with E-state index in [0.717, 1.165) is 33.8 Å². The summed E-state index contributed by atoms with van der Waals surface area (Å²) < 4.78 is 0. The molecule has 21 heavy (non-hydrogen) atoms. The van der Waals surface area contributed by atoms with Crippen LogP contribution in [0.4, 0.5) is 11.4 Å². The second-order valence-corrected chi connectivity index (χ2v) is 5.27. The molecular weight excluding hydrogens is 282 g/mol. The van der Waals surface area contributed by atoms with E-state index in [1.807, 2.05) is 13.0 Å². The third-order valence-corrected chi connectivity index (χ3v) is 3.72. The van der Waals surface area contributed by atoms with Crippen LogP contribution >= 0.6 is 12.4 Å². The standard InChI is InChI=1S/C17H15N3.ClH/c1-10-7-8-15-13(9-10)17-16(19-11(2)18-15)12-5-3-4-6-14(12)20-17;/h3-9,20H,1-2H3,(H,18,19);1H. The molecule has 2 heterocycles. The molecule has 0 unspecified atom stereocenters. The molecule has 106 valence electrons. The van der Waals surface area contributed by atoms with Crippen molar-refractivity contribution in [1.29, 1.82) is 0 Å². The fourth-order valence-corrected chi connectivity index (χ4v) is 2.80. The summed E-state index contributed by atoms with van der Waals surface area (Å²) in [4.78, 5) is 8.26. The molecule has 1 aliphatic rings. The Morgan fingerprint density at radius 2 is 1.81 bits per heavy atom. The average Bonchev–Trinajstić information content (AvgIpc) is 2.73. The molecular formula is C17H16ClN3. The lowest BCUT2D eigenvalue weighted by molar-refractivity contribution is 1.41. The minimum absolute atomic E-state index is 0. The van der Waals surface area contributed by atoms with Crippen LogP contribution in [0.5, 0.6) is 0 Å². The Morgan fingerprint density at radius 3 is 2.67 bits per heavy atom. The van der Waals surface area contributed by atoms with Crippen molar-refractivity contribution < 1.29 is 0 Å². The van der Waals surface area contributed by atoms with Gasteiger partial charge in [0, 0.05) is 22.2 Å². The van der Waals surface area contributed by atoms with Gasteiger partial charge in [-0.15, -0.1) is 12.4 Å². The fourth-order valence-electron chi connectivity index (χ4n) is 2.80. The zero-order valence-electron chi connectivity index (χ0n) is 11.9. The number of aromatic amines is 1. The van der Waals surface area contributed by atoms with Gasteiger partial charge in [0.2, 0.25) is 0 Å². The van der Waals surface area contributed by atoms with E-state index in [0.29, 0.717) is 0 Å². The van der Waals surface area contributed by atoms with Gasteiger partial charge in [-0.1, -0.05) is 29.8 Å². The maximum atomic E-state index is 4.75. The summed E-state index contributed by atoms with van der Waals surface area (Å²) in [6.45, 7) is 4.11. The maximum absolute atomic E-state index is 4.75. The Kier molecular flexibility index (Phi) is 3.22. The average molecular weight is 298 g/mol. The number of fused-ring (bicyclic) bond motifs is 5. The van der Waals surface area contributed by atoms with E-state index in [9.17, 15) is 0 Å². The molecule has 0 spiro atoms. The molecule has 0 aliphatic carbocycles. The first-order chi connectivity index (χ1) is 9.72. The number of para-hydroxylation sites is 1. The Hall–Kier alpha value is -2.26. The lowest BCUT2D eigenvalue weighted by Gasteiger charge is -2.08. The smallest absolute Gasteiger partial charge is 0.104 e. The number of anilines is 1. The van der Waals surface area contributed by atoms with Gasteiger partial charge in [0.1, 0.15) is 5.84 Å². The maximum Gasteiger partial charge on any atom is 0.104 e. The SMILES string of the molecule is CC1=Nc2c([nH]c3ccccc23)-c2cc(C)ccc2N1.Cl. The topological polar surface area (TPSA) is 40.2 Å². The number of hydrogen-bond acceptors (Lipinski definition) is 2. The van der Waals surface area contributed by atoms with Crippen LogP contribution in [0, 0.1) is 6.92 Å². The van der Waals surface area contributed by atoms with Gasteiger partial charge in [0.05, 0.1) is 11.4 Å². The van der Waals surface area contributed by atoms with Gasteiger partial charge in [0.25, 0.3) is 0 Å². The summed E-state index contributed by atoms with van der Waals surface area (Å²) in [7, 11) is 0. The number of halogens is 1. The summed E-state index contributed by atoms with van der Waals surface area (Å²) in [5.74, 6) is 0.915. The van der Waals surface area contributed by atoms with E-state index in [2.05, 4.69) is 53.6 Å². The van der Waals surface area contributed by atoms with E-state index < -0.39 is 0 Å². The van der Waals surface area contributed by atoms with Crippen molar-refractivity contribution in [3.63, 3.8) is 0 Å². The third-order valence-electron chi connectivity index (χ3n) is 3.72. The van der Waals surface area contributed by atoms with E-state index in [1.54, 1.807) is 0 Å². The molecule has 3 nitrogen and oxygen atoms in total. The highest BCUT2D eigenvalue weighted by molar-refractivity contribution is 6.09. The Labute approximate surface area is 129 Å². The van der Waals surface area contributed by atoms with Crippen LogP contribution < -0.4 is 5.32 Å². The van der Waals surface area contributed by atoms with Crippen molar-refractivity contribution in [3.8, 4) is 11.3 Å². The van der Waals surface area contributed by atoms with E-state index in [1.165, 1.54) is 11.1 Å². The highest BCUT2D eigenvalue weighted by Gasteiger charge is 2.18. The van der Waals surface area contributed by atoms with Crippen molar-refractivity contribution in [2.24, 2.45) is 4.99 Å². The van der Waals surface area contributed by atoms with Gasteiger partial charge in [-0.2, -0.15) is 0 Å². The highest BCUT2D eigenvalue weighted by atomic mass is 35.5. The van der Waals surface area contributed by atoms with Gasteiger partial charge in [0.15, 0.2) is 0 Å². The largest absolute Gasteiger partial charge is 0.353 e. The van der Waals surface area contributed by atoms with Crippen molar-refractivity contribution in [3.05, 3.63) is 48.0 Å². The molecule has 1 aromatic heterocycles. The summed E-state index contributed by atoms with van der Waals surface area (Å²) in [5.41, 5.74) is 6.77. The number of H-pyrrole nitrogens is 1. The van der Waals surface area contributed by atoms with Crippen molar-refractivity contribution in [2.75, 3.05) is 5.32 Å².